The van der Waals surface area contributed by atoms with Crippen LogP contribution in [0.4, 0.5) is 0 Å². The number of ketones is 2. The molecule has 7 atom stereocenters. The zero-order chi connectivity index (χ0) is 28.7. The number of esters is 1. The van der Waals surface area contributed by atoms with Gasteiger partial charge in [-0.1, -0.05) is 31.6 Å². The number of hydrogen-bond acceptors (Lipinski definition) is 8. The molecule has 1 aromatic rings. The van der Waals surface area contributed by atoms with Crippen molar-refractivity contribution in [3.05, 3.63) is 53.9 Å². The summed E-state index contributed by atoms with van der Waals surface area (Å²) >= 11 is 0. The number of ether oxygens (including phenoxy) is 1. The van der Waals surface area contributed by atoms with E-state index in [0.29, 0.717) is 13.0 Å². The molecule has 0 saturated heterocycles. The second-order valence-corrected chi connectivity index (χ2v) is 12.3. The Morgan fingerprint density at radius 3 is 2.75 bits per heavy atom. The SMILES string of the molecule is C[C@]12C=CC(=O)C=C1CC[C@@H]1[C@@H]2[C@H](O)C[C@]2(C)[C@@H]1CC[C@]2(O)C(=O)COC(=O)CCC(=O)NCc1cccnc1. The van der Waals surface area contributed by atoms with Gasteiger partial charge < -0.3 is 20.3 Å². The maximum atomic E-state index is 13.4. The molecule has 214 valence electrons. The number of aliphatic hydroxyl groups excluding tert-OH is 1. The topological polar surface area (TPSA) is 143 Å². The Kier molecular flexibility index (Phi) is 7.56. The van der Waals surface area contributed by atoms with Crippen molar-refractivity contribution in [3.8, 4) is 0 Å². The minimum Gasteiger partial charge on any atom is -0.458 e. The largest absolute Gasteiger partial charge is 0.458 e. The molecule has 9 heteroatoms. The predicted molar refractivity (Wildman–Crippen MR) is 144 cm³/mol. The van der Waals surface area contributed by atoms with Crippen LogP contribution in [0.15, 0.2) is 48.3 Å². The first-order valence-corrected chi connectivity index (χ1v) is 14.2. The summed E-state index contributed by atoms with van der Waals surface area (Å²) in [6, 6.07) is 3.60. The van der Waals surface area contributed by atoms with Crippen molar-refractivity contribution in [1.29, 1.82) is 0 Å². The van der Waals surface area contributed by atoms with Crippen LogP contribution >= 0.6 is 0 Å². The number of aliphatic hydroxyl groups is 2. The van der Waals surface area contributed by atoms with Gasteiger partial charge in [-0.05, 0) is 67.7 Å². The number of aromatic nitrogens is 1. The van der Waals surface area contributed by atoms with Gasteiger partial charge >= 0.3 is 5.97 Å². The Morgan fingerprint density at radius 2 is 2.00 bits per heavy atom. The smallest absolute Gasteiger partial charge is 0.306 e. The lowest BCUT2D eigenvalue weighted by Gasteiger charge is -2.59. The van der Waals surface area contributed by atoms with Gasteiger partial charge in [0.05, 0.1) is 12.5 Å². The maximum Gasteiger partial charge on any atom is 0.306 e. The van der Waals surface area contributed by atoms with E-state index in [2.05, 4.69) is 17.2 Å². The Morgan fingerprint density at radius 1 is 1.20 bits per heavy atom. The van der Waals surface area contributed by atoms with E-state index in [-0.39, 0.29) is 55.1 Å². The Balaban J connectivity index is 1.18. The molecule has 9 nitrogen and oxygen atoms in total. The van der Waals surface area contributed by atoms with Crippen LogP contribution in [0.5, 0.6) is 0 Å². The van der Waals surface area contributed by atoms with Crippen LogP contribution in [0.1, 0.15) is 64.4 Å². The fourth-order valence-electron chi connectivity index (χ4n) is 8.13. The summed E-state index contributed by atoms with van der Waals surface area (Å²) in [4.78, 5) is 53.8. The van der Waals surface area contributed by atoms with Crippen molar-refractivity contribution < 1.29 is 34.1 Å². The van der Waals surface area contributed by atoms with Crippen molar-refractivity contribution in [2.75, 3.05) is 6.61 Å². The van der Waals surface area contributed by atoms with Crippen LogP contribution in [-0.2, 0) is 30.5 Å². The molecule has 0 aromatic carbocycles. The third-order valence-corrected chi connectivity index (χ3v) is 10.2. The molecule has 0 radical (unpaired) electrons. The van der Waals surface area contributed by atoms with E-state index in [1.807, 2.05) is 19.1 Å². The minimum atomic E-state index is -1.72. The summed E-state index contributed by atoms with van der Waals surface area (Å²) in [7, 11) is 0. The molecule has 0 bridgehead atoms. The summed E-state index contributed by atoms with van der Waals surface area (Å²) in [5.41, 5.74) is -1.13. The van der Waals surface area contributed by atoms with Gasteiger partial charge in [-0.15, -0.1) is 0 Å². The third kappa shape index (κ3) is 4.83. The highest BCUT2D eigenvalue weighted by atomic mass is 16.5. The lowest BCUT2D eigenvalue weighted by Crippen LogP contribution is -2.61. The first-order chi connectivity index (χ1) is 19.0. The molecule has 0 unspecified atom stereocenters. The van der Waals surface area contributed by atoms with Crippen molar-refractivity contribution in [3.63, 3.8) is 0 Å². The summed E-state index contributed by atoms with van der Waals surface area (Å²) < 4.78 is 5.20. The zero-order valence-electron chi connectivity index (χ0n) is 23.1. The summed E-state index contributed by atoms with van der Waals surface area (Å²) in [6.07, 6.45) is 10.1. The quantitative estimate of drug-likeness (QED) is 0.419. The highest BCUT2D eigenvalue weighted by molar-refractivity contribution is 6.01. The summed E-state index contributed by atoms with van der Waals surface area (Å²) in [6.45, 7) is 3.68. The van der Waals surface area contributed by atoms with E-state index in [1.54, 1.807) is 30.6 Å². The lowest BCUT2D eigenvalue weighted by atomic mass is 9.46. The van der Waals surface area contributed by atoms with E-state index < -0.39 is 40.9 Å². The summed E-state index contributed by atoms with van der Waals surface area (Å²) in [5, 5.41) is 25.9. The molecule has 5 rings (SSSR count). The highest BCUT2D eigenvalue weighted by Crippen LogP contribution is 2.67. The van der Waals surface area contributed by atoms with Crippen molar-refractivity contribution in [2.24, 2.45) is 28.6 Å². The van der Waals surface area contributed by atoms with Gasteiger partial charge in [0.15, 0.2) is 12.4 Å². The first kappa shape index (κ1) is 28.4. The van der Waals surface area contributed by atoms with Gasteiger partial charge in [0.25, 0.3) is 0 Å². The average molecular weight is 551 g/mol. The van der Waals surface area contributed by atoms with Gasteiger partial charge in [0.2, 0.25) is 11.7 Å². The lowest BCUT2D eigenvalue weighted by molar-refractivity contribution is -0.181. The molecule has 1 aromatic heterocycles. The number of amides is 1. The van der Waals surface area contributed by atoms with Crippen LogP contribution in [0.2, 0.25) is 0 Å². The molecule has 0 aliphatic heterocycles. The first-order valence-electron chi connectivity index (χ1n) is 14.2. The third-order valence-electron chi connectivity index (χ3n) is 10.2. The number of Topliss-reactive ketones (excluding diaryl/α,β-unsaturated/α-hetero) is 1. The van der Waals surface area contributed by atoms with Crippen LogP contribution in [-0.4, -0.2) is 57.0 Å². The Labute approximate surface area is 234 Å². The molecule has 3 saturated carbocycles. The molecule has 1 amide bonds. The molecule has 0 spiro atoms. The monoisotopic (exact) mass is 550 g/mol. The van der Waals surface area contributed by atoms with Gasteiger partial charge in [0, 0.05) is 42.1 Å². The molecular weight excluding hydrogens is 512 g/mol. The van der Waals surface area contributed by atoms with Gasteiger partial charge in [-0.25, -0.2) is 0 Å². The number of nitrogens with zero attached hydrogens (tertiary/aromatic N) is 1. The molecule has 40 heavy (non-hydrogen) atoms. The number of hydrogen-bond donors (Lipinski definition) is 3. The summed E-state index contributed by atoms with van der Waals surface area (Å²) in [5.74, 6) is -1.60. The predicted octanol–water partition coefficient (Wildman–Crippen LogP) is 2.60. The Bertz CT molecular complexity index is 1260. The van der Waals surface area contributed by atoms with Crippen molar-refractivity contribution in [2.45, 2.75) is 77.0 Å². The van der Waals surface area contributed by atoms with Gasteiger partial charge in [-0.2, -0.15) is 0 Å². The number of nitrogens with one attached hydrogen (secondary N) is 1. The van der Waals surface area contributed by atoms with E-state index >= 15 is 0 Å². The number of carbonyl (C=O) groups excluding carboxylic acids is 4. The standard InChI is InChI=1S/C31H38N2O7/c1-29-11-9-21(34)14-20(29)5-6-22-23-10-12-31(39,30(23,2)15-24(35)28(22)29)25(36)18-40-27(38)8-7-26(37)33-17-19-4-3-13-32-16-19/h3-4,9,11,13-14,16,22-24,28,35,39H,5-8,10,12,15,17-18H2,1-2H3,(H,33,37)/t22-,23+,24+,28+,29-,30+,31-/m0/s1. The molecule has 3 N–H and O–H groups in total. The maximum absolute atomic E-state index is 13.4. The van der Waals surface area contributed by atoms with E-state index in [9.17, 15) is 29.4 Å². The van der Waals surface area contributed by atoms with Crippen molar-refractivity contribution >= 4 is 23.4 Å². The zero-order valence-corrected chi connectivity index (χ0v) is 23.1. The van der Waals surface area contributed by atoms with Crippen molar-refractivity contribution in [1.82, 2.24) is 10.3 Å². The van der Waals surface area contributed by atoms with E-state index in [4.69, 9.17) is 4.74 Å². The molecule has 3 fully saturated rings. The van der Waals surface area contributed by atoms with E-state index in [0.717, 1.165) is 24.0 Å². The molecule has 1 heterocycles. The van der Waals surface area contributed by atoms with Crippen LogP contribution < -0.4 is 5.32 Å². The molecule has 4 aliphatic carbocycles. The van der Waals surface area contributed by atoms with Crippen LogP contribution in [0, 0.1) is 28.6 Å². The van der Waals surface area contributed by atoms with Crippen LogP contribution in [0.3, 0.4) is 0 Å². The number of allylic oxidation sites excluding steroid dienone is 4. The molecule has 4 aliphatic rings. The average Bonchev–Trinajstić information content (AvgIpc) is 3.20. The highest BCUT2D eigenvalue weighted by Gasteiger charge is 2.68. The number of rotatable bonds is 8. The van der Waals surface area contributed by atoms with Crippen LogP contribution in [0.25, 0.3) is 0 Å². The van der Waals surface area contributed by atoms with Gasteiger partial charge in [-0.3, -0.25) is 24.2 Å². The minimum absolute atomic E-state index is 0.0125. The normalized spacial score (nSPS) is 36.1. The van der Waals surface area contributed by atoms with Gasteiger partial charge in [0.1, 0.15) is 5.60 Å². The molecular formula is C31H38N2O7. The van der Waals surface area contributed by atoms with E-state index in [1.165, 1.54) is 0 Å². The fraction of sp³-hybridized carbons (Fsp3) is 0.581. The number of fused-ring (bicyclic) bond motifs is 5. The fourth-order valence-corrected chi connectivity index (χ4v) is 8.13. The number of pyridine rings is 1. The second-order valence-electron chi connectivity index (χ2n) is 12.3. The second kappa shape index (κ2) is 10.7. The number of carbonyl (C=O) groups is 4. The Hall–Kier alpha value is -3.17.